The molecule has 1 amide bonds. The van der Waals surface area contributed by atoms with E-state index in [1.807, 2.05) is 18.3 Å². The summed E-state index contributed by atoms with van der Waals surface area (Å²) in [5.41, 5.74) is 1.52. The summed E-state index contributed by atoms with van der Waals surface area (Å²) in [6, 6.07) is 9.22. The van der Waals surface area contributed by atoms with Crippen molar-refractivity contribution in [1.82, 2.24) is 15.2 Å². The van der Waals surface area contributed by atoms with Crippen molar-refractivity contribution in [2.24, 2.45) is 0 Å². The number of rotatable bonds is 4. The van der Waals surface area contributed by atoms with Crippen molar-refractivity contribution in [1.29, 1.82) is 0 Å². The fourth-order valence-corrected chi connectivity index (χ4v) is 3.07. The molecule has 0 atom stereocenters. The second-order valence-electron chi connectivity index (χ2n) is 6.57. The molecule has 7 heteroatoms. The number of piperazine rings is 1. The van der Waals surface area contributed by atoms with Crippen molar-refractivity contribution in [2.45, 2.75) is 6.54 Å². The van der Waals surface area contributed by atoms with E-state index in [2.05, 4.69) is 27.1 Å². The molecule has 26 heavy (non-hydrogen) atoms. The molecule has 1 fully saturated rings. The van der Waals surface area contributed by atoms with Crippen LogP contribution in [0.25, 0.3) is 0 Å². The number of pyridine rings is 1. The predicted molar refractivity (Wildman–Crippen MR) is 97.7 cm³/mol. The Kier molecular flexibility index (Phi) is 4.62. The highest BCUT2D eigenvalue weighted by Crippen LogP contribution is 2.32. The summed E-state index contributed by atoms with van der Waals surface area (Å²) in [7, 11) is 2.14. The van der Waals surface area contributed by atoms with Crippen LogP contribution in [0.1, 0.15) is 15.9 Å². The zero-order valence-corrected chi connectivity index (χ0v) is 14.8. The molecule has 0 aliphatic carbocycles. The summed E-state index contributed by atoms with van der Waals surface area (Å²) < 4.78 is 10.6. The van der Waals surface area contributed by atoms with Crippen LogP contribution in [0, 0.1) is 0 Å². The SMILES string of the molecule is CN1CCN(c2ccc(CNC(=O)c3ccc4c(c3)OCO4)cn2)CC1. The van der Waals surface area contributed by atoms with Crippen LogP contribution < -0.4 is 19.7 Å². The maximum absolute atomic E-state index is 12.3. The minimum atomic E-state index is -0.147. The van der Waals surface area contributed by atoms with E-state index in [0.29, 0.717) is 23.6 Å². The highest BCUT2D eigenvalue weighted by molar-refractivity contribution is 5.94. The van der Waals surface area contributed by atoms with Gasteiger partial charge in [-0.25, -0.2) is 4.98 Å². The summed E-state index contributed by atoms with van der Waals surface area (Å²) in [4.78, 5) is 21.5. The van der Waals surface area contributed by atoms with Gasteiger partial charge in [-0.2, -0.15) is 0 Å². The standard InChI is InChI=1S/C19H22N4O3/c1-22-6-8-23(9-7-22)18-5-2-14(11-20-18)12-21-19(24)15-3-4-16-17(10-15)26-13-25-16/h2-5,10-11H,6-9,12-13H2,1H3,(H,21,24). The first kappa shape index (κ1) is 16.7. The van der Waals surface area contributed by atoms with E-state index < -0.39 is 0 Å². The molecule has 2 aliphatic heterocycles. The van der Waals surface area contributed by atoms with E-state index in [1.54, 1.807) is 18.2 Å². The zero-order chi connectivity index (χ0) is 17.9. The molecular formula is C19H22N4O3. The number of aromatic nitrogens is 1. The van der Waals surface area contributed by atoms with E-state index in [-0.39, 0.29) is 12.7 Å². The number of nitrogens with zero attached hydrogens (tertiary/aromatic N) is 3. The van der Waals surface area contributed by atoms with Gasteiger partial charge >= 0.3 is 0 Å². The van der Waals surface area contributed by atoms with Crippen LogP contribution in [0.4, 0.5) is 5.82 Å². The van der Waals surface area contributed by atoms with Gasteiger partial charge in [0.2, 0.25) is 6.79 Å². The lowest BCUT2D eigenvalue weighted by Gasteiger charge is -2.33. The summed E-state index contributed by atoms with van der Waals surface area (Å²) in [5.74, 6) is 2.12. The Balaban J connectivity index is 1.33. The van der Waals surface area contributed by atoms with Crippen molar-refractivity contribution in [3.63, 3.8) is 0 Å². The molecule has 2 aliphatic rings. The molecule has 1 N–H and O–H groups in total. The van der Waals surface area contributed by atoms with Crippen LogP contribution in [0.3, 0.4) is 0 Å². The van der Waals surface area contributed by atoms with Crippen molar-refractivity contribution < 1.29 is 14.3 Å². The first-order valence-corrected chi connectivity index (χ1v) is 8.75. The Labute approximate surface area is 152 Å². The second kappa shape index (κ2) is 7.21. The lowest BCUT2D eigenvalue weighted by Crippen LogP contribution is -2.44. The Morgan fingerprint density at radius 2 is 1.92 bits per heavy atom. The number of benzene rings is 1. The molecule has 1 aromatic carbocycles. The normalized spacial score (nSPS) is 16.6. The minimum absolute atomic E-state index is 0.147. The molecule has 0 bridgehead atoms. The molecule has 136 valence electrons. The largest absolute Gasteiger partial charge is 0.454 e. The quantitative estimate of drug-likeness (QED) is 0.897. The minimum Gasteiger partial charge on any atom is -0.454 e. The number of carbonyl (C=O) groups is 1. The van der Waals surface area contributed by atoms with Gasteiger partial charge in [0, 0.05) is 44.5 Å². The van der Waals surface area contributed by atoms with Crippen LogP contribution in [0.15, 0.2) is 36.5 Å². The first-order chi connectivity index (χ1) is 12.7. The number of hydrogen-bond acceptors (Lipinski definition) is 6. The fraction of sp³-hybridized carbons (Fsp3) is 0.368. The third kappa shape index (κ3) is 3.57. The third-order valence-electron chi connectivity index (χ3n) is 4.72. The Hall–Kier alpha value is -2.80. The zero-order valence-electron chi connectivity index (χ0n) is 14.8. The number of carbonyl (C=O) groups excluding carboxylic acids is 1. The highest BCUT2D eigenvalue weighted by Gasteiger charge is 2.17. The van der Waals surface area contributed by atoms with Crippen LogP contribution >= 0.6 is 0 Å². The summed E-state index contributed by atoms with van der Waals surface area (Å²) in [6.07, 6.45) is 1.83. The fourth-order valence-electron chi connectivity index (χ4n) is 3.07. The average molecular weight is 354 g/mol. The molecule has 3 heterocycles. The number of anilines is 1. The molecule has 0 spiro atoms. The number of amides is 1. The topological polar surface area (TPSA) is 66.9 Å². The van der Waals surface area contributed by atoms with E-state index in [0.717, 1.165) is 37.6 Å². The summed E-state index contributed by atoms with van der Waals surface area (Å²) in [5, 5.41) is 2.92. The van der Waals surface area contributed by atoms with Crippen molar-refractivity contribution in [2.75, 3.05) is 44.9 Å². The van der Waals surface area contributed by atoms with Crippen LogP contribution in [-0.2, 0) is 6.54 Å². The molecule has 0 radical (unpaired) electrons. The maximum atomic E-state index is 12.3. The van der Waals surface area contributed by atoms with Crippen molar-refractivity contribution in [3.8, 4) is 11.5 Å². The lowest BCUT2D eigenvalue weighted by atomic mass is 10.2. The van der Waals surface area contributed by atoms with Gasteiger partial charge in [-0.15, -0.1) is 0 Å². The van der Waals surface area contributed by atoms with Gasteiger partial charge in [-0.3, -0.25) is 4.79 Å². The van der Waals surface area contributed by atoms with E-state index in [1.165, 1.54) is 0 Å². The molecule has 0 saturated carbocycles. The van der Waals surface area contributed by atoms with Crippen LogP contribution in [0.5, 0.6) is 11.5 Å². The summed E-state index contributed by atoms with van der Waals surface area (Å²) >= 11 is 0. The van der Waals surface area contributed by atoms with Gasteiger partial charge in [0.05, 0.1) is 0 Å². The number of fused-ring (bicyclic) bond motifs is 1. The Morgan fingerprint density at radius 3 is 2.69 bits per heavy atom. The van der Waals surface area contributed by atoms with Crippen molar-refractivity contribution >= 4 is 11.7 Å². The van der Waals surface area contributed by atoms with E-state index in [4.69, 9.17) is 9.47 Å². The van der Waals surface area contributed by atoms with Crippen molar-refractivity contribution in [3.05, 3.63) is 47.7 Å². The molecular weight excluding hydrogens is 332 g/mol. The number of likely N-dealkylation sites (N-methyl/N-ethyl adjacent to an activating group) is 1. The van der Waals surface area contributed by atoms with Crippen LogP contribution in [-0.4, -0.2) is 55.8 Å². The van der Waals surface area contributed by atoms with E-state index >= 15 is 0 Å². The lowest BCUT2D eigenvalue weighted by molar-refractivity contribution is 0.0950. The highest BCUT2D eigenvalue weighted by atomic mass is 16.7. The monoisotopic (exact) mass is 354 g/mol. The average Bonchev–Trinajstić information content (AvgIpc) is 3.15. The molecule has 1 aromatic heterocycles. The predicted octanol–water partition coefficient (Wildman–Crippen LogP) is 1.49. The molecule has 1 saturated heterocycles. The molecule has 4 rings (SSSR count). The summed E-state index contributed by atoms with van der Waals surface area (Å²) in [6.45, 7) is 4.71. The van der Waals surface area contributed by atoms with Gasteiger partial charge in [-0.05, 0) is 36.9 Å². The Bertz CT molecular complexity index is 786. The molecule has 7 nitrogen and oxygen atoms in total. The number of nitrogens with one attached hydrogen (secondary N) is 1. The van der Waals surface area contributed by atoms with Gasteiger partial charge in [0.1, 0.15) is 5.82 Å². The third-order valence-corrected chi connectivity index (χ3v) is 4.72. The number of hydrogen-bond donors (Lipinski definition) is 1. The number of ether oxygens (including phenoxy) is 2. The van der Waals surface area contributed by atoms with Crippen LogP contribution in [0.2, 0.25) is 0 Å². The van der Waals surface area contributed by atoms with Gasteiger partial charge in [-0.1, -0.05) is 6.07 Å². The van der Waals surface area contributed by atoms with Gasteiger partial charge in [0.15, 0.2) is 11.5 Å². The second-order valence-corrected chi connectivity index (χ2v) is 6.57. The molecule has 0 unspecified atom stereocenters. The van der Waals surface area contributed by atoms with E-state index in [9.17, 15) is 4.79 Å². The maximum Gasteiger partial charge on any atom is 0.251 e. The smallest absolute Gasteiger partial charge is 0.251 e. The van der Waals surface area contributed by atoms with Gasteiger partial charge in [0.25, 0.3) is 5.91 Å². The van der Waals surface area contributed by atoms with Gasteiger partial charge < -0.3 is 24.6 Å². The molecule has 2 aromatic rings. The first-order valence-electron chi connectivity index (χ1n) is 8.75. The Morgan fingerprint density at radius 1 is 1.12 bits per heavy atom.